The molecular weight excluding hydrogens is 606 g/mol. The number of hydrogen-bond acceptors (Lipinski definition) is 8. The fraction of sp³-hybridized carbons (Fsp3) is 0.143. The number of carbonyl (C=O) groups is 6. The highest BCUT2D eigenvalue weighted by Crippen LogP contribution is 2.16. The molecular formula is C35H31N3O9. The van der Waals surface area contributed by atoms with Gasteiger partial charge < -0.3 is 19.9 Å². The number of aliphatic carboxylic acids is 1. The molecule has 0 aliphatic rings. The van der Waals surface area contributed by atoms with E-state index < -0.39 is 41.9 Å². The van der Waals surface area contributed by atoms with Crippen LogP contribution in [0.1, 0.15) is 58.1 Å². The van der Waals surface area contributed by atoms with Crippen molar-refractivity contribution in [3.05, 3.63) is 136 Å². The average Bonchev–Trinajstić information content (AvgIpc) is 3.05. The van der Waals surface area contributed by atoms with Crippen LogP contribution in [0.5, 0.6) is 0 Å². The van der Waals surface area contributed by atoms with Gasteiger partial charge in [-0.05, 0) is 81.4 Å². The van der Waals surface area contributed by atoms with Gasteiger partial charge in [0.1, 0.15) is 0 Å². The first kappa shape index (κ1) is 33.6. The molecule has 12 nitrogen and oxygen atoms in total. The van der Waals surface area contributed by atoms with E-state index in [0.717, 1.165) is 5.56 Å². The standard InChI is InChI=1S/C35H31N3O9/c1-20-10-12-23(13-11-20)30(39)36-27-16-14-24(15-17-27)31(40)37-38-32(41)28(46-34(44)25-8-4-6-21(2)18-25)29(33(42)43)47-35(45)26-9-5-7-22(3)19-26/h4-19,28-29H,1-3H3,(H,36,39)(H,37,40)(H,38,41)(H,42,43)/t28-,29-/m1/s1. The maximum Gasteiger partial charge on any atom is 0.349 e. The molecule has 2 atom stereocenters. The van der Waals surface area contributed by atoms with E-state index >= 15 is 0 Å². The number of aryl methyl sites for hydroxylation is 3. The van der Waals surface area contributed by atoms with E-state index in [1.54, 1.807) is 62.4 Å². The van der Waals surface area contributed by atoms with Gasteiger partial charge in [-0.2, -0.15) is 0 Å². The number of ether oxygens (including phenoxy) is 2. The van der Waals surface area contributed by atoms with Gasteiger partial charge in [0.05, 0.1) is 11.1 Å². The number of carboxylic acid groups (broad SMARTS) is 1. The Bertz CT molecular complexity index is 1820. The molecule has 240 valence electrons. The lowest BCUT2D eigenvalue weighted by molar-refractivity contribution is -0.159. The van der Waals surface area contributed by atoms with Gasteiger partial charge in [-0.3, -0.25) is 25.2 Å². The van der Waals surface area contributed by atoms with Gasteiger partial charge in [-0.1, -0.05) is 53.1 Å². The van der Waals surface area contributed by atoms with Crippen LogP contribution in [0.3, 0.4) is 0 Å². The van der Waals surface area contributed by atoms with Crippen molar-refractivity contribution in [1.82, 2.24) is 10.9 Å². The predicted octanol–water partition coefficient (Wildman–Crippen LogP) is 4.16. The molecule has 3 amide bonds. The van der Waals surface area contributed by atoms with E-state index in [4.69, 9.17) is 9.47 Å². The summed E-state index contributed by atoms with van der Waals surface area (Å²) in [6.45, 7) is 5.33. The summed E-state index contributed by atoms with van der Waals surface area (Å²) in [5, 5.41) is 12.6. The van der Waals surface area contributed by atoms with Crippen LogP contribution >= 0.6 is 0 Å². The van der Waals surface area contributed by atoms with Gasteiger partial charge >= 0.3 is 17.9 Å². The number of anilines is 1. The Morgan fingerprint density at radius 3 is 1.55 bits per heavy atom. The third-order valence-electron chi connectivity index (χ3n) is 6.77. The van der Waals surface area contributed by atoms with Crippen LogP contribution in [0, 0.1) is 20.8 Å². The molecule has 0 aromatic heterocycles. The van der Waals surface area contributed by atoms with Crippen LogP contribution in [0.25, 0.3) is 0 Å². The number of carboxylic acids is 1. The summed E-state index contributed by atoms with van der Waals surface area (Å²) in [5.41, 5.74) is 7.48. The molecule has 0 aliphatic heterocycles. The van der Waals surface area contributed by atoms with Crippen molar-refractivity contribution in [2.75, 3.05) is 5.32 Å². The van der Waals surface area contributed by atoms with Crippen molar-refractivity contribution in [3.8, 4) is 0 Å². The zero-order valence-corrected chi connectivity index (χ0v) is 25.6. The second-order valence-corrected chi connectivity index (χ2v) is 10.6. The van der Waals surface area contributed by atoms with Crippen molar-refractivity contribution < 1.29 is 43.3 Å². The maximum atomic E-state index is 13.3. The predicted molar refractivity (Wildman–Crippen MR) is 170 cm³/mol. The van der Waals surface area contributed by atoms with Gasteiger partial charge in [0.15, 0.2) is 0 Å². The quantitative estimate of drug-likeness (QED) is 0.147. The molecule has 0 heterocycles. The lowest BCUT2D eigenvalue weighted by Crippen LogP contribution is -2.54. The first-order chi connectivity index (χ1) is 22.4. The highest BCUT2D eigenvalue weighted by molar-refractivity contribution is 6.05. The molecule has 0 fully saturated rings. The summed E-state index contributed by atoms with van der Waals surface area (Å²) >= 11 is 0. The number of amides is 3. The normalized spacial score (nSPS) is 11.7. The fourth-order valence-corrected chi connectivity index (χ4v) is 4.28. The minimum atomic E-state index is -2.29. The Hall–Kier alpha value is -6.30. The summed E-state index contributed by atoms with van der Waals surface area (Å²) in [6, 6.07) is 24.9. The second-order valence-electron chi connectivity index (χ2n) is 10.6. The zero-order valence-electron chi connectivity index (χ0n) is 25.6. The van der Waals surface area contributed by atoms with Crippen molar-refractivity contribution >= 4 is 41.3 Å². The largest absolute Gasteiger partial charge is 0.478 e. The minimum Gasteiger partial charge on any atom is -0.478 e. The lowest BCUT2D eigenvalue weighted by Gasteiger charge is -2.23. The van der Waals surface area contributed by atoms with E-state index in [0.29, 0.717) is 22.4 Å². The molecule has 4 rings (SSSR count). The molecule has 0 radical (unpaired) electrons. The molecule has 12 heteroatoms. The zero-order chi connectivity index (χ0) is 34.1. The van der Waals surface area contributed by atoms with E-state index in [1.807, 2.05) is 12.3 Å². The topological polar surface area (TPSA) is 177 Å². The number of esters is 2. The van der Waals surface area contributed by atoms with E-state index in [2.05, 4.69) is 10.7 Å². The minimum absolute atomic E-state index is 0.00669. The number of rotatable bonds is 10. The smallest absolute Gasteiger partial charge is 0.349 e. The average molecular weight is 638 g/mol. The third-order valence-corrected chi connectivity index (χ3v) is 6.77. The highest BCUT2D eigenvalue weighted by Gasteiger charge is 2.41. The molecule has 4 aromatic carbocycles. The van der Waals surface area contributed by atoms with E-state index in [-0.39, 0.29) is 22.6 Å². The van der Waals surface area contributed by atoms with Crippen molar-refractivity contribution in [1.29, 1.82) is 0 Å². The Labute approximate surface area is 269 Å². The van der Waals surface area contributed by atoms with Crippen LogP contribution in [0.4, 0.5) is 5.69 Å². The van der Waals surface area contributed by atoms with Gasteiger partial charge in [0.2, 0.25) is 12.2 Å². The molecule has 0 unspecified atom stereocenters. The van der Waals surface area contributed by atoms with Gasteiger partial charge in [-0.25, -0.2) is 14.4 Å². The van der Waals surface area contributed by atoms with Crippen LogP contribution in [0.2, 0.25) is 0 Å². The Morgan fingerprint density at radius 2 is 1.04 bits per heavy atom. The Kier molecular flexibility index (Phi) is 10.8. The number of benzene rings is 4. The van der Waals surface area contributed by atoms with Crippen molar-refractivity contribution in [3.63, 3.8) is 0 Å². The first-order valence-corrected chi connectivity index (χ1v) is 14.3. The Morgan fingerprint density at radius 1 is 0.553 bits per heavy atom. The number of nitrogens with one attached hydrogen (secondary N) is 3. The summed E-state index contributed by atoms with van der Waals surface area (Å²) < 4.78 is 10.4. The van der Waals surface area contributed by atoms with Crippen molar-refractivity contribution in [2.45, 2.75) is 33.0 Å². The summed E-state index contributed by atoms with van der Waals surface area (Å²) in [7, 11) is 0. The number of carbonyl (C=O) groups excluding carboxylic acids is 5. The Balaban J connectivity index is 1.48. The second kappa shape index (κ2) is 15.1. The molecule has 0 saturated carbocycles. The lowest BCUT2D eigenvalue weighted by atomic mass is 10.1. The highest BCUT2D eigenvalue weighted by atomic mass is 16.6. The summed E-state index contributed by atoms with van der Waals surface area (Å²) in [5.74, 6) is -6.38. The molecule has 0 bridgehead atoms. The summed E-state index contributed by atoms with van der Waals surface area (Å²) in [6.07, 6.45) is -4.50. The van der Waals surface area contributed by atoms with E-state index in [1.165, 1.54) is 48.5 Å². The summed E-state index contributed by atoms with van der Waals surface area (Å²) in [4.78, 5) is 76.6. The number of hydrogen-bond donors (Lipinski definition) is 4. The maximum absolute atomic E-state index is 13.3. The molecule has 0 spiro atoms. The third kappa shape index (κ3) is 9.11. The molecule has 4 aromatic rings. The molecule has 47 heavy (non-hydrogen) atoms. The van der Waals surface area contributed by atoms with Gasteiger partial charge in [0.25, 0.3) is 17.7 Å². The molecule has 0 aliphatic carbocycles. The van der Waals surface area contributed by atoms with Crippen LogP contribution in [-0.4, -0.2) is 52.9 Å². The molecule has 4 N–H and O–H groups in total. The fourth-order valence-electron chi connectivity index (χ4n) is 4.28. The van der Waals surface area contributed by atoms with Crippen LogP contribution in [-0.2, 0) is 19.1 Å². The number of hydrazine groups is 1. The first-order valence-electron chi connectivity index (χ1n) is 14.3. The SMILES string of the molecule is Cc1ccc(C(=O)Nc2ccc(C(=O)NNC(=O)[C@H](OC(=O)c3cccc(C)c3)[C@@H](OC(=O)c3cccc(C)c3)C(=O)O)cc2)cc1. The monoisotopic (exact) mass is 637 g/mol. The van der Waals surface area contributed by atoms with E-state index in [9.17, 15) is 33.9 Å². The van der Waals surface area contributed by atoms with Crippen LogP contribution in [0.15, 0.2) is 97.1 Å². The van der Waals surface area contributed by atoms with Gasteiger partial charge in [0, 0.05) is 16.8 Å². The van der Waals surface area contributed by atoms with Crippen LogP contribution < -0.4 is 16.2 Å². The van der Waals surface area contributed by atoms with Crippen molar-refractivity contribution in [2.24, 2.45) is 0 Å². The molecule has 0 saturated heterocycles. The van der Waals surface area contributed by atoms with Gasteiger partial charge in [-0.15, -0.1) is 0 Å².